The Hall–Kier alpha value is -0.640. The van der Waals surface area contributed by atoms with Gasteiger partial charge in [-0.2, -0.15) is 0 Å². The molecule has 1 aromatic rings. The highest BCUT2D eigenvalue weighted by atomic mass is 35.5. The second-order valence-electron chi connectivity index (χ2n) is 4.71. The van der Waals surface area contributed by atoms with E-state index < -0.39 is 0 Å². The predicted molar refractivity (Wildman–Crippen MR) is 71.4 cm³/mol. The van der Waals surface area contributed by atoms with Gasteiger partial charge in [-0.1, -0.05) is 24.6 Å². The van der Waals surface area contributed by atoms with E-state index in [-0.39, 0.29) is 16.9 Å². The Morgan fingerprint density at radius 1 is 1.50 bits per heavy atom. The molecule has 0 amide bonds. The first-order valence-corrected chi connectivity index (χ1v) is 6.88. The van der Waals surface area contributed by atoms with Crippen LogP contribution in [0, 0.1) is 5.82 Å². The third-order valence-corrected chi connectivity index (χ3v) is 3.57. The van der Waals surface area contributed by atoms with Crippen molar-refractivity contribution in [3.8, 4) is 0 Å². The highest BCUT2D eigenvalue weighted by Crippen LogP contribution is 2.30. The molecule has 0 bridgehead atoms. The van der Waals surface area contributed by atoms with Crippen LogP contribution in [0.25, 0.3) is 0 Å². The molecule has 0 saturated carbocycles. The lowest BCUT2D eigenvalue weighted by Gasteiger charge is -2.30. The van der Waals surface area contributed by atoms with E-state index in [1.165, 1.54) is 6.07 Å². The zero-order valence-electron chi connectivity index (χ0n) is 10.6. The van der Waals surface area contributed by atoms with Crippen LogP contribution in [0.4, 0.5) is 4.39 Å². The summed E-state index contributed by atoms with van der Waals surface area (Å²) >= 11 is 5.81. The third-order valence-electron chi connectivity index (χ3n) is 3.28. The normalized spacial score (nSPS) is 24.2. The molecule has 0 aliphatic carbocycles. The molecule has 0 spiro atoms. The maximum atomic E-state index is 13.1. The summed E-state index contributed by atoms with van der Waals surface area (Å²) in [6.45, 7) is 3.92. The number of rotatable bonds is 4. The first-order valence-electron chi connectivity index (χ1n) is 6.50. The van der Waals surface area contributed by atoms with E-state index in [1.807, 2.05) is 0 Å². The number of hydrogen-bond acceptors (Lipinski definition) is 2. The van der Waals surface area contributed by atoms with Gasteiger partial charge < -0.3 is 10.1 Å². The van der Waals surface area contributed by atoms with Gasteiger partial charge in [0.2, 0.25) is 0 Å². The van der Waals surface area contributed by atoms with Gasteiger partial charge in [-0.25, -0.2) is 4.39 Å². The second-order valence-corrected chi connectivity index (χ2v) is 5.12. The summed E-state index contributed by atoms with van der Waals surface area (Å²) in [4.78, 5) is 0. The molecule has 100 valence electrons. The van der Waals surface area contributed by atoms with E-state index in [0.717, 1.165) is 38.0 Å². The van der Waals surface area contributed by atoms with Gasteiger partial charge in [0.05, 0.1) is 11.1 Å². The molecule has 0 radical (unpaired) electrons. The number of ether oxygens (including phenoxy) is 1. The Morgan fingerprint density at radius 3 is 3.06 bits per heavy atom. The number of nitrogens with one attached hydrogen (secondary N) is 1. The smallest absolute Gasteiger partial charge is 0.141 e. The van der Waals surface area contributed by atoms with Crippen molar-refractivity contribution in [2.75, 3.05) is 13.2 Å². The fourth-order valence-corrected chi connectivity index (χ4v) is 2.46. The highest BCUT2D eigenvalue weighted by molar-refractivity contribution is 6.30. The third kappa shape index (κ3) is 3.44. The quantitative estimate of drug-likeness (QED) is 0.902. The van der Waals surface area contributed by atoms with E-state index in [2.05, 4.69) is 12.2 Å². The second kappa shape index (κ2) is 6.50. The predicted octanol–water partition coefficient (Wildman–Crippen LogP) is 3.70. The maximum Gasteiger partial charge on any atom is 0.141 e. The van der Waals surface area contributed by atoms with Crippen LogP contribution in [-0.2, 0) is 4.74 Å². The zero-order valence-corrected chi connectivity index (χ0v) is 11.3. The van der Waals surface area contributed by atoms with Gasteiger partial charge in [0.15, 0.2) is 0 Å². The Morgan fingerprint density at radius 2 is 2.33 bits per heavy atom. The fourth-order valence-electron chi connectivity index (χ4n) is 2.28. The molecule has 1 heterocycles. The molecule has 1 aromatic carbocycles. The molecular formula is C14H19ClFNO. The molecular weight excluding hydrogens is 253 g/mol. The van der Waals surface area contributed by atoms with E-state index in [1.54, 1.807) is 12.1 Å². The van der Waals surface area contributed by atoms with Crippen LogP contribution in [0.3, 0.4) is 0 Å². The van der Waals surface area contributed by atoms with Gasteiger partial charge in [-0.15, -0.1) is 0 Å². The molecule has 0 aromatic heterocycles. The maximum absolute atomic E-state index is 13.1. The first-order chi connectivity index (χ1) is 8.70. The van der Waals surface area contributed by atoms with Crippen LogP contribution in [0.1, 0.15) is 37.9 Å². The molecule has 1 N–H and O–H groups in total. The van der Waals surface area contributed by atoms with Gasteiger partial charge in [0.25, 0.3) is 0 Å². The van der Waals surface area contributed by atoms with Crippen molar-refractivity contribution in [3.63, 3.8) is 0 Å². The topological polar surface area (TPSA) is 21.3 Å². The number of hydrogen-bond donors (Lipinski definition) is 1. The zero-order chi connectivity index (χ0) is 13.0. The summed E-state index contributed by atoms with van der Waals surface area (Å²) in [5.41, 5.74) is 0.962. The van der Waals surface area contributed by atoms with Crippen LogP contribution in [-0.4, -0.2) is 19.2 Å². The summed E-state index contributed by atoms with van der Waals surface area (Å²) in [6.07, 6.45) is 3.10. The minimum atomic E-state index is -0.378. The van der Waals surface area contributed by atoms with Crippen molar-refractivity contribution >= 4 is 11.6 Å². The van der Waals surface area contributed by atoms with Crippen LogP contribution < -0.4 is 5.32 Å². The summed E-state index contributed by atoms with van der Waals surface area (Å²) in [6, 6.07) is 5.31. The van der Waals surface area contributed by atoms with Crippen molar-refractivity contribution in [1.82, 2.24) is 5.32 Å². The van der Waals surface area contributed by atoms with E-state index in [0.29, 0.717) is 6.04 Å². The van der Waals surface area contributed by atoms with Crippen LogP contribution in [0.15, 0.2) is 18.2 Å². The van der Waals surface area contributed by atoms with Crippen LogP contribution in [0.5, 0.6) is 0 Å². The minimum absolute atomic E-state index is 0.0196. The van der Waals surface area contributed by atoms with Gasteiger partial charge >= 0.3 is 0 Å². The van der Waals surface area contributed by atoms with Gasteiger partial charge in [0, 0.05) is 12.6 Å². The van der Waals surface area contributed by atoms with Crippen molar-refractivity contribution in [3.05, 3.63) is 34.6 Å². The van der Waals surface area contributed by atoms with Crippen molar-refractivity contribution in [1.29, 1.82) is 0 Å². The highest BCUT2D eigenvalue weighted by Gasteiger charge is 2.23. The van der Waals surface area contributed by atoms with E-state index >= 15 is 0 Å². The van der Waals surface area contributed by atoms with Gasteiger partial charge in [-0.05, 0) is 43.5 Å². The fraction of sp³-hybridized carbons (Fsp3) is 0.571. The SMILES string of the molecule is CCCNC1CCOC(c2ccc(F)c(Cl)c2)C1. The molecule has 1 fully saturated rings. The molecule has 2 nitrogen and oxygen atoms in total. The van der Waals surface area contributed by atoms with E-state index in [4.69, 9.17) is 16.3 Å². The summed E-state index contributed by atoms with van der Waals surface area (Å²) in [5.74, 6) is -0.378. The summed E-state index contributed by atoms with van der Waals surface area (Å²) in [7, 11) is 0. The van der Waals surface area contributed by atoms with Crippen molar-refractivity contribution in [2.24, 2.45) is 0 Å². The average Bonchev–Trinajstić information content (AvgIpc) is 2.40. The molecule has 4 heteroatoms. The Labute approximate surface area is 112 Å². The Balaban J connectivity index is 2.01. The molecule has 1 aliphatic rings. The Kier molecular flexibility index (Phi) is 4.98. The van der Waals surface area contributed by atoms with Crippen LogP contribution >= 0.6 is 11.6 Å². The monoisotopic (exact) mass is 271 g/mol. The lowest BCUT2D eigenvalue weighted by atomic mass is 9.97. The minimum Gasteiger partial charge on any atom is -0.373 e. The molecule has 2 rings (SSSR count). The summed E-state index contributed by atoms with van der Waals surface area (Å²) in [5, 5.41) is 3.68. The van der Waals surface area contributed by atoms with Crippen molar-refractivity contribution < 1.29 is 9.13 Å². The average molecular weight is 272 g/mol. The number of benzene rings is 1. The van der Waals surface area contributed by atoms with E-state index in [9.17, 15) is 4.39 Å². The van der Waals surface area contributed by atoms with Gasteiger partial charge in [0.1, 0.15) is 5.82 Å². The van der Waals surface area contributed by atoms with Crippen molar-refractivity contribution in [2.45, 2.75) is 38.3 Å². The molecule has 2 unspecified atom stereocenters. The van der Waals surface area contributed by atoms with Crippen LogP contribution in [0.2, 0.25) is 5.02 Å². The molecule has 1 saturated heterocycles. The Bertz CT molecular complexity index is 399. The molecule has 1 aliphatic heterocycles. The standard InChI is InChI=1S/C14H19ClFNO/c1-2-6-17-11-5-7-18-14(9-11)10-3-4-13(16)12(15)8-10/h3-4,8,11,14,17H,2,5-7,9H2,1H3. The summed E-state index contributed by atoms with van der Waals surface area (Å²) < 4.78 is 18.9. The first kappa shape index (κ1) is 13.8. The lowest BCUT2D eigenvalue weighted by Crippen LogP contribution is -2.36. The lowest BCUT2D eigenvalue weighted by molar-refractivity contribution is 0.000329. The molecule has 18 heavy (non-hydrogen) atoms. The number of halogens is 2. The van der Waals surface area contributed by atoms with Gasteiger partial charge in [-0.3, -0.25) is 0 Å². The largest absolute Gasteiger partial charge is 0.373 e. The molecule has 2 atom stereocenters.